The van der Waals surface area contributed by atoms with Gasteiger partial charge in [0.2, 0.25) is 0 Å². The van der Waals surface area contributed by atoms with Crippen LogP contribution in [0.4, 0.5) is 21.9 Å². The zero-order chi connectivity index (χ0) is 27.4. The molecule has 1 amide bonds. The predicted octanol–water partition coefficient (Wildman–Crippen LogP) is 8.20. The molecule has 0 aliphatic carbocycles. The van der Waals surface area contributed by atoms with Gasteiger partial charge in [-0.3, -0.25) is 0 Å². The molecular formula is C28H33Cl2N4O3P. The fourth-order valence-electron chi connectivity index (χ4n) is 4.78. The number of rotatable bonds is 9. The molecule has 0 saturated carbocycles. The Hall–Kier alpha value is -2.70. The second-order valence-corrected chi connectivity index (χ2v) is 12.2. The molecule has 1 atom stereocenters. The molecule has 3 aromatic rings. The second kappa shape index (κ2) is 12.0. The van der Waals surface area contributed by atoms with Crippen molar-refractivity contribution >= 4 is 59.0 Å². The highest BCUT2D eigenvalue weighted by Gasteiger charge is 2.47. The molecule has 0 fully saturated rings. The summed E-state index contributed by atoms with van der Waals surface area (Å²) >= 11 is 12.7. The molecule has 3 aromatic carbocycles. The normalized spacial score (nSPS) is 16.7. The minimum absolute atomic E-state index is 0.342. The van der Waals surface area contributed by atoms with Crippen LogP contribution in [0.3, 0.4) is 0 Å². The van der Waals surface area contributed by atoms with Crippen molar-refractivity contribution in [3.05, 3.63) is 70.7 Å². The van der Waals surface area contributed by atoms with Gasteiger partial charge in [-0.1, -0.05) is 49.2 Å². The molecule has 4 rings (SSSR count). The lowest BCUT2D eigenvalue weighted by Gasteiger charge is -2.46. The van der Waals surface area contributed by atoms with E-state index in [1.165, 1.54) is 0 Å². The number of benzene rings is 3. The number of hydrogen-bond acceptors (Lipinski definition) is 5. The molecule has 38 heavy (non-hydrogen) atoms. The van der Waals surface area contributed by atoms with E-state index >= 15 is 0 Å². The number of amides is 1. The van der Waals surface area contributed by atoms with Gasteiger partial charge in [0.1, 0.15) is 17.2 Å². The molecule has 0 aromatic heterocycles. The van der Waals surface area contributed by atoms with Crippen LogP contribution in [0.15, 0.2) is 65.4 Å². The summed E-state index contributed by atoms with van der Waals surface area (Å²) in [5.41, 5.74) is 2.19. The molecule has 0 unspecified atom stereocenters. The van der Waals surface area contributed by atoms with Gasteiger partial charge in [-0.15, -0.1) is 0 Å². The van der Waals surface area contributed by atoms with E-state index in [4.69, 9.17) is 37.4 Å². The average molecular weight is 575 g/mol. The summed E-state index contributed by atoms with van der Waals surface area (Å²) in [6, 6.07) is 18.8. The number of methoxy groups -OCH3 is 1. The standard InChI is InChI=1S/C28H33Cl2N4O3P/c1-6-32(7-2)20-15-17-27-26(19-20)37-28(35)34(21-14-16-22(29)23(30)18-21)38(27,33(8-3)9-4)31-24-12-10-11-13-25(24)36-5/h10-19H,6-9H2,1-5H3/t38-/m0/s1. The van der Waals surface area contributed by atoms with E-state index in [1.807, 2.05) is 36.4 Å². The average Bonchev–Trinajstić information content (AvgIpc) is 2.92. The van der Waals surface area contributed by atoms with E-state index in [0.29, 0.717) is 46.0 Å². The van der Waals surface area contributed by atoms with Gasteiger partial charge in [0, 0.05) is 37.9 Å². The molecule has 0 N–H and O–H groups in total. The molecule has 1 aliphatic heterocycles. The van der Waals surface area contributed by atoms with Gasteiger partial charge in [0.05, 0.1) is 28.1 Å². The summed E-state index contributed by atoms with van der Waals surface area (Å²) in [4.78, 5) is 16.2. The Bertz CT molecular complexity index is 1380. The van der Waals surface area contributed by atoms with Gasteiger partial charge in [0.15, 0.2) is 7.36 Å². The summed E-state index contributed by atoms with van der Waals surface area (Å²) < 4.78 is 21.0. The Morgan fingerprint density at radius 2 is 1.63 bits per heavy atom. The molecule has 10 heteroatoms. The maximum atomic E-state index is 14.0. The van der Waals surface area contributed by atoms with Crippen LogP contribution >= 0.6 is 30.6 Å². The topological polar surface area (TPSA) is 57.6 Å². The van der Waals surface area contributed by atoms with Crippen molar-refractivity contribution in [1.82, 2.24) is 4.67 Å². The molecule has 7 nitrogen and oxygen atoms in total. The van der Waals surface area contributed by atoms with Crippen molar-refractivity contribution in [1.29, 1.82) is 0 Å². The molecular weight excluding hydrogens is 542 g/mol. The van der Waals surface area contributed by atoms with Crippen molar-refractivity contribution in [2.75, 3.05) is 42.9 Å². The minimum atomic E-state index is -3.03. The van der Waals surface area contributed by atoms with Crippen molar-refractivity contribution in [3.8, 4) is 11.5 Å². The number of ether oxygens (including phenoxy) is 2. The monoisotopic (exact) mass is 574 g/mol. The summed E-state index contributed by atoms with van der Waals surface area (Å²) in [6.07, 6.45) is -0.522. The first-order valence-corrected chi connectivity index (χ1v) is 15.1. The Labute approximate surface area is 235 Å². The number of nitrogens with zero attached hydrogens (tertiary/aromatic N) is 4. The van der Waals surface area contributed by atoms with Crippen LogP contribution in [0.25, 0.3) is 0 Å². The Balaban J connectivity index is 2.14. The lowest BCUT2D eigenvalue weighted by Crippen LogP contribution is -2.46. The van der Waals surface area contributed by atoms with Crippen LogP contribution in [0, 0.1) is 0 Å². The summed E-state index contributed by atoms with van der Waals surface area (Å²) in [7, 11) is -1.41. The fraction of sp³-hybridized carbons (Fsp3) is 0.321. The zero-order valence-corrected chi connectivity index (χ0v) is 24.7. The first-order valence-electron chi connectivity index (χ1n) is 12.7. The quantitative estimate of drug-likeness (QED) is 0.241. The highest BCUT2D eigenvalue weighted by molar-refractivity contribution is 7.74. The number of para-hydroxylation sites is 1. The van der Waals surface area contributed by atoms with E-state index in [9.17, 15) is 4.79 Å². The van der Waals surface area contributed by atoms with Crippen LogP contribution in [-0.4, -0.2) is 44.1 Å². The summed E-state index contributed by atoms with van der Waals surface area (Å²) in [5.74, 6) is 1.13. The lowest BCUT2D eigenvalue weighted by molar-refractivity contribution is 0.210. The maximum absolute atomic E-state index is 14.0. The molecule has 1 heterocycles. The third-order valence-corrected chi connectivity index (χ3v) is 11.2. The second-order valence-electron chi connectivity index (χ2n) is 8.58. The molecule has 202 valence electrons. The SMILES string of the molecule is CCN(CC)c1ccc2c(c1)OC(=O)N(c1ccc(Cl)c(Cl)c1)[P@@]2(=Nc1ccccc1OC)N(CC)CC. The van der Waals surface area contributed by atoms with E-state index < -0.39 is 13.4 Å². The first-order chi connectivity index (χ1) is 18.3. The van der Waals surface area contributed by atoms with Crippen molar-refractivity contribution in [3.63, 3.8) is 0 Å². The summed E-state index contributed by atoms with van der Waals surface area (Å²) in [6.45, 7) is 11.3. The van der Waals surface area contributed by atoms with E-state index in [-0.39, 0.29) is 0 Å². The Morgan fingerprint density at radius 3 is 2.26 bits per heavy atom. The third kappa shape index (κ3) is 5.01. The number of fused-ring (bicyclic) bond motifs is 1. The zero-order valence-electron chi connectivity index (χ0n) is 22.3. The number of hydrogen-bond donors (Lipinski definition) is 0. The highest BCUT2D eigenvalue weighted by Crippen LogP contribution is 2.63. The van der Waals surface area contributed by atoms with Gasteiger partial charge in [0.25, 0.3) is 0 Å². The number of halogens is 2. The van der Waals surface area contributed by atoms with Gasteiger partial charge >= 0.3 is 6.09 Å². The van der Waals surface area contributed by atoms with E-state index in [2.05, 4.69) is 43.3 Å². The van der Waals surface area contributed by atoms with Gasteiger partial charge in [-0.05, 0) is 56.3 Å². The summed E-state index contributed by atoms with van der Waals surface area (Å²) in [5, 5.41) is 1.58. The van der Waals surface area contributed by atoms with Crippen LogP contribution in [0.2, 0.25) is 10.0 Å². The minimum Gasteiger partial charge on any atom is -0.494 e. The third-order valence-electron chi connectivity index (χ3n) is 6.65. The largest absolute Gasteiger partial charge is 0.494 e. The van der Waals surface area contributed by atoms with Crippen molar-refractivity contribution in [2.45, 2.75) is 27.7 Å². The molecule has 0 radical (unpaired) electrons. The fourth-order valence-corrected chi connectivity index (χ4v) is 8.82. The first kappa shape index (κ1) is 28.3. The van der Waals surface area contributed by atoms with Gasteiger partial charge < -0.3 is 14.4 Å². The van der Waals surface area contributed by atoms with Gasteiger partial charge in [-0.2, -0.15) is 0 Å². The molecule has 0 bridgehead atoms. The van der Waals surface area contributed by atoms with E-state index in [1.54, 1.807) is 30.0 Å². The molecule has 0 spiro atoms. The number of carbonyl (C=O) groups excluding carboxylic acids is 1. The maximum Gasteiger partial charge on any atom is 0.425 e. The van der Waals surface area contributed by atoms with Crippen LogP contribution in [0.1, 0.15) is 27.7 Å². The van der Waals surface area contributed by atoms with Crippen molar-refractivity contribution < 1.29 is 14.3 Å². The number of anilines is 2. The van der Waals surface area contributed by atoms with Gasteiger partial charge in [-0.25, -0.2) is 18.9 Å². The Kier molecular flexibility index (Phi) is 8.94. The highest BCUT2D eigenvalue weighted by atomic mass is 35.5. The van der Waals surface area contributed by atoms with Crippen molar-refractivity contribution in [2.24, 2.45) is 4.74 Å². The smallest absolute Gasteiger partial charge is 0.425 e. The molecule has 0 saturated heterocycles. The number of carbonyl (C=O) groups is 1. The lowest BCUT2D eigenvalue weighted by atomic mass is 10.2. The van der Waals surface area contributed by atoms with Crippen LogP contribution < -0.4 is 24.3 Å². The van der Waals surface area contributed by atoms with Crippen LogP contribution in [-0.2, 0) is 0 Å². The Morgan fingerprint density at radius 1 is 0.921 bits per heavy atom. The van der Waals surface area contributed by atoms with E-state index in [0.717, 1.165) is 24.1 Å². The predicted molar refractivity (Wildman–Crippen MR) is 160 cm³/mol. The molecule has 1 aliphatic rings. The van der Waals surface area contributed by atoms with Crippen LogP contribution in [0.5, 0.6) is 11.5 Å².